The fourth-order valence-electron chi connectivity index (χ4n) is 3.25. The van der Waals surface area contributed by atoms with Crippen LogP contribution in [-0.4, -0.2) is 50.1 Å². The Labute approximate surface area is 182 Å². The van der Waals surface area contributed by atoms with Crippen LogP contribution in [0.25, 0.3) is 0 Å². The summed E-state index contributed by atoms with van der Waals surface area (Å²) in [5.74, 6) is -0.550. The monoisotopic (exact) mass is 449 g/mol. The number of amides is 4. The molecule has 2 aromatic rings. The molecule has 1 saturated heterocycles. The average Bonchev–Trinajstić information content (AvgIpc) is 2.97. The molecule has 1 aliphatic heterocycles. The maximum Gasteiger partial charge on any atom is 0.387 e. The normalized spacial score (nSPS) is 17.9. The minimum atomic E-state index is -2.98. The van der Waals surface area contributed by atoms with Crippen LogP contribution in [0.2, 0.25) is 0 Å². The smallest absolute Gasteiger partial charge is 0.387 e. The van der Waals surface area contributed by atoms with Gasteiger partial charge in [0.15, 0.2) is 0 Å². The number of halogens is 2. The summed E-state index contributed by atoms with van der Waals surface area (Å²) in [6.45, 7) is -2.08. The molecule has 3 rings (SSSR count). The SMILES string of the molecule is COc1ccc(OC)c(NC(=O)CN2C(=O)N[C@](C)(c3ccc(OC(F)F)cc3)C2=O)c1. The predicted molar refractivity (Wildman–Crippen MR) is 109 cm³/mol. The number of nitrogens with one attached hydrogen (secondary N) is 2. The zero-order valence-corrected chi connectivity index (χ0v) is 17.5. The minimum Gasteiger partial charge on any atom is -0.497 e. The molecule has 0 saturated carbocycles. The highest BCUT2D eigenvalue weighted by Crippen LogP contribution is 2.31. The Balaban J connectivity index is 1.74. The van der Waals surface area contributed by atoms with Gasteiger partial charge < -0.3 is 24.8 Å². The van der Waals surface area contributed by atoms with Crippen LogP contribution in [0.5, 0.6) is 17.2 Å². The summed E-state index contributed by atoms with van der Waals surface area (Å²) in [7, 11) is 2.89. The van der Waals surface area contributed by atoms with E-state index in [9.17, 15) is 23.2 Å². The molecule has 1 atom stereocenters. The minimum absolute atomic E-state index is 0.0902. The molecule has 2 aromatic carbocycles. The third kappa shape index (κ3) is 4.56. The summed E-state index contributed by atoms with van der Waals surface area (Å²) in [4.78, 5) is 38.7. The lowest BCUT2D eigenvalue weighted by atomic mass is 9.92. The lowest BCUT2D eigenvalue weighted by Gasteiger charge is -2.22. The molecule has 2 N–H and O–H groups in total. The highest BCUT2D eigenvalue weighted by atomic mass is 19.3. The Hall–Kier alpha value is -3.89. The van der Waals surface area contributed by atoms with Crippen molar-refractivity contribution in [2.75, 3.05) is 26.1 Å². The maximum absolute atomic E-state index is 13.0. The number of imide groups is 1. The van der Waals surface area contributed by atoms with Crippen molar-refractivity contribution in [3.63, 3.8) is 0 Å². The average molecular weight is 449 g/mol. The van der Waals surface area contributed by atoms with Gasteiger partial charge in [0.2, 0.25) is 5.91 Å². The number of carbonyl (C=O) groups excluding carboxylic acids is 3. The van der Waals surface area contributed by atoms with E-state index >= 15 is 0 Å². The molecule has 9 nitrogen and oxygen atoms in total. The van der Waals surface area contributed by atoms with Gasteiger partial charge in [0.25, 0.3) is 5.91 Å². The van der Waals surface area contributed by atoms with Crippen LogP contribution in [-0.2, 0) is 15.1 Å². The molecule has 0 aliphatic carbocycles. The van der Waals surface area contributed by atoms with E-state index < -0.39 is 36.5 Å². The molecule has 0 aromatic heterocycles. The van der Waals surface area contributed by atoms with Crippen LogP contribution in [0.15, 0.2) is 42.5 Å². The first-order valence-corrected chi connectivity index (χ1v) is 9.39. The van der Waals surface area contributed by atoms with E-state index in [0.717, 1.165) is 4.90 Å². The number of alkyl halides is 2. The van der Waals surface area contributed by atoms with Crippen molar-refractivity contribution in [3.8, 4) is 17.2 Å². The number of hydrogen-bond donors (Lipinski definition) is 2. The number of urea groups is 1. The van der Waals surface area contributed by atoms with Gasteiger partial charge in [-0.2, -0.15) is 8.78 Å². The van der Waals surface area contributed by atoms with Crippen LogP contribution in [0.3, 0.4) is 0 Å². The van der Waals surface area contributed by atoms with Gasteiger partial charge in [-0.15, -0.1) is 0 Å². The van der Waals surface area contributed by atoms with Gasteiger partial charge >= 0.3 is 12.6 Å². The molecule has 0 bridgehead atoms. The van der Waals surface area contributed by atoms with E-state index in [1.54, 1.807) is 12.1 Å². The van der Waals surface area contributed by atoms with Crippen molar-refractivity contribution in [2.24, 2.45) is 0 Å². The van der Waals surface area contributed by atoms with Gasteiger partial charge in [0.05, 0.1) is 19.9 Å². The highest BCUT2D eigenvalue weighted by molar-refractivity contribution is 6.10. The van der Waals surface area contributed by atoms with Crippen molar-refractivity contribution in [3.05, 3.63) is 48.0 Å². The lowest BCUT2D eigenvalue weighted by molar-refractivity contribution is -0.133. The molecule has 11 heteroatoms. The molecule has 1 fully saturated rings. The Bertz CT molecular complexity index is 1030. The Kier molecular flexibility index (Phi) is 6.47. The summed E-state index contributed by atoms with van der Waals surface area (Å²) >= 11 is 0. The van der Waals surface area contributed by atoms with Crippen LogP contribution in [0.4, 0.5) is 19.3 Å². The first-order valence-electron chi connectivity index (χ1n) is 9.39. The highest BCUT2D eigenvalue weighted by Gasteiger charge is 2.49. The Morgan fingerprint density at radius 2 is 1.75 bits per heavy atom. The van der Waals surface area contributed by atoms with Crippen LogP contribution in [0.1, 0.15) is 12.5 Å². The Morgan fingerprint density at radius 1 is 1.09 bits per heavy atom. The summed E-state index contributed by atoms with van der Waals surface area (Å²) in [6, 6.07) is 9.32. The van der Waals surface area contributed by atoms with E-state index in [1.807, 2.05) is 0 Å². The second-order valence-corrected chi connectivity index (χ2v) is 6.96. The van der Waals surface area contributed by atoms with Crippen LogP contribution >= 0.6 is 0 Å². The van der Waals surface area contributed by atoms with E-state index in [-0.39, 0.29) is 5.75 Å². The topological polar surface area (TPSA) is 106 Å². The molecule has 4 amide bonds. The molecule has 0 radical (unpaired) electrons. The number of hydrogen-bond acceptors (Lipinski definition) is 6. The predicted octanol–water partition coefficient (Wildman–Crippen LogP) is 2.71. The van der Waals surface area contributed by atoms with E-state index in [4.69, 9.17) is 9.47 Å². The summed E-state index contributed by atoms with van der Waals surface area (Å²) < 4.78 is 39.3. The number of carbonyl (C=O) groups is 3. The van der Waals surface area contributed by atoms with Crippen molar-refractivity contribution in [1.82, 2.24) is 10.2 Å². The van der Waals surface area contributed by atoms with Crippen molar-refractivity contribution in [2.45, 2.75) is 19.1 Å². The third-order valence-corrected chi connectivity index (χ3v) is 4.91. The number of ether oxygens (including phenoxy) is 3. The first kappa shape index (κ1) is 22.8. The summed E-state index contributed by atoms with van der Waals surface area (Å²) in [5.41, 5.74) is -0.829. The first-order chi connectivity index (χ1) is 15.2. The fraction of sp³-hybridized carbons (Fsp3) is 0.286. The molecular formula is C21H21F2N3O6. The van der Waals surface area contributed by atoms with Gasteiger partial charge in [-0.3, -0.25) is 14.5 Å². The van der Waals surface area contributed by atoms with Gasteiger partial charge in [0.1, 0.15) is 29.3 Å². The number of benzene rings is 2. The zero-order chi connectivity index (χ0) is 23.5. The summed E-state index contributed by atoms with van der Waals surface area (Å²) in [5, 5.41) is 5.13. The van der Waals surface area contributed by atoms with Crippen molar-refractivity contribution < 1.29 is 37.4 Å². The van der Waals surface area contributed by atoms with Crippen LogP contribution < -0.4 is 24.8 Å². The zero-order valence-electron chi connectivity index (χ0n) is 17.5. The molecule has 1 heterocycles. The molecule has 32 heavy (non-hydrogen) atoms. The number of anilines is 1. The number of nitrogens with zero attached hydrogens (tertiary/aromatic N) is 1. The molecule has 1 aliphatic rings. The second-order valence-electron chi connectivity index (χ2n) is 6.96. The molecule has 170 valence electrons. The van der Waals surface area contributed by atoms with Gasteiger partial charge in [-0.05, 0) is 36.8 Å². The van der Waals surface area contributed by atoms with E-state index in [2.05, 4.69) is 15.4 Å². The summed E-state index contributed by atoms with van der Waals surface area (Å²) in [6.07, 6.45) is 0. The number of methoxy groups -OCH3 is 2. The number of rotatable bonds is 8. The largest absolute Gasteiger partial charge is 0.497 e. The van der Waals surface area contributed by atoms with Crippen molar-refractivity contribution >= 4 is 23.5 Å². The third-order valence-electron chi connectivity index (χ3n) is 4.91. The standard InChI is InChI=1S/C21H21F2N3O6/c1-21(12-4-6-13(7-5-12)32-19(22)23)18(28)26(20(29)25-21)11-17(27)24-15-10-14(30-2)8-9-16(15)31-3/h4-10,19H,11H2,1-3H3,(H,24,27)(H,25,29)/t21-/m1/s1. The maximum atomic E-state index is 13.0. The quantitative estimate of drug-likeness (QED) is 0.601. The fourth-order valence-corrected chi connectivity index (χ4v) is 3.25. The Morgan fingerprint density at radius 3 is 2.34 bits per heavy atom. The van der Waals surface area contributed by atoms with Gasteiger partial charge in [-0.1, -0.05) is 12.1 Å². The molecule has 0 spiro atoms. The van der Waals surface area contributed by atoms with E-state index in [1.165, 1.54) is 51.5 Å². The van der Waals surface area contributed by atoms with Gasteiger partial charge in [-0.25, -0.2) is 4.79 Å². The van der Waals surface area contributed by atoms with Crippen molar-refractivity contribution in [1.29, 1.82) is 0 Å². The van der Waals surface area contributed by atoms with E-state index in [0.29, 0.717) is 22.7 Å². The lowest BCUT2D eigenvalue weighted by Crippen LogP contribution is -2.42. The molecule has 0 unspecified atom stereocenters. The second kappa shape index (κ2) is 9.08. The van der Waals surface area contributed by atoms with Gasteiger partial charge in [0, 0.05) is 6.07 Å². The van der Waals surface area contributed by atoms with Crippen LogP contribution in [0, 0.1) is 0 Å². The molecular weight excluding hydrogens is 428 g/mol.